The van der Waals surface area contributed by atoms with Crippen LogP contribution in [0.2, 0.25) is 0 Å². The number of nitrogens with one attached hydrogen (secondary N) is 1. The van der Waals surface area contributed by atoms with Gasteiger partial charge in [0.1, 0.15) is 0 Å². The van der Waals surface area contributed by atoms with Crippen LogP contribution in [0.25, 0.3) is 0 Å². The average molecular weight is 177 g/mol. The van der Waals surface area contributed by atoms with Crippen molar-refractivity contribution in [3.8, 4) is 0 Å². The fraction of sp³-hybridized carbons (Fsp3) is 0.833. The molecule has 0 aromatic heterocycles. The number of rotatable bonds is 2. The van der Waals surface area contributed by atoms with E-state index in [0.29, 0.717) is 11.1 Å². The Balaban J connectivity index is 2.24. The van der Waals surface area contributed by atoms with E-state index in [-0.39, 0.29) is 6.23 Å². The summed E-state index contributed by atoms with van der Waals surface area (Å²) in [5, 5.41) is 11.6. The van der Waals surface area contributed by atoms with Crippen molar-refractivity contribution >= 4 is 17.9 Å². The van der Waals surface area contributed by atoms with E-state index >= 15 is 0 Å². The Morgan fingerprint density at radius 1 is 1.91 bits per heavy atom. The predicted molar refractivity (Wildman–Crippen MR) is 42.6 cm³/mol. The van der Waals surface area contributed by atoms with Crippen molar-refractivity contribution in [1.29, 1.82) is 0 Å². The molecule has 0 spiro atoms. The van der Waals surface area contributed by atoms with Gasteiger partial charge in [0.15, 0.2) is 6.23 Å². The summed E-state index contributed by atoms with van der Waals surface area (Å²) in [7, 11) is 0. The molecule has 0 aliphatic carbocycles. The third-order valence-electron chi connectivity index (χ3n) is 1.43. The maximum Gasteiger partial charge on any atom is 0.507 e. The van der Waals surface area contributed by atoms with Crippen LogP contribution in [0.1, 0.15) is 13.3 Å². The topological polar surface area (TPSA) is 58.6 Å². The summed E-state index contributed by atoms with van der Waals surface area (Å²) in [4.78, 5) is 10.1. The Bertz CT molecular complexity index is 153. The molecule has 1 fully saturated rings. The second-order valence-electron chi connectivity index (χ2n) is 2.27. The zero-order valence-electron chi connectivity index (χ0n) is 6.24. The minimum atomic E-state index is -1.21. The lowest BCUT2D eigenvalue weighted by molar-refractivity contribution is 0.0495. The van der Waals surface area contributed by atoms with E-state index in [0.717, 1.165) is 6.42 Å². The number of hydrogen-bond donors (Lipinski definition) is 2. The number of hydrogen-bond acceptors (Lipinski definition) is 4. The van der Waals surface area contributed by atoms with Crippen molar-refractivity contribution < 1.29 is 14.6 Å². The van der Waals surface area contributed by atoms with Crippen molar-refractivity contribution in [3.63, 3.8) is 0 Å². The van der Waals surface area contributed by atoms with Crippen LogP contribution in [0.15, 0.2) is 0 Å². The third kappa shape index (κ3) is 2.59. The molecule has 2 atom stereocenters. The molecule has 5 heteroatoms. The minimum absolute atomic E-state index is 0.317. The minimum Gasteiger partial charge on any atom is -0.450 e. The van der Waals surface area contributed by atoms with Crippen molar-refractivity contribution in [2.75, 3.05) is 5.75 Å². The Morgan fingerprint density at radius 2 is 2.64 bits per heavy atom. The molecule has 1 aliphatic rings. The normalized spacial score (nSPS) is 30.3. The van der Waals surface area contributed by atoms with E-state index < -0.39 is 6.16 Å². The molecule has 1 rings (SSSR count). The molecule has 64 valence electrons. The highest BCUT2D eigenvalue weighted by atomic mass is 32.2. The zero-order chi connectivity index (χ0) is 8.27. The van der Waals surface area contributed by atoms with Crippen molar-refractivity contribution in [3.05, 3.63) is 0 Å². The fourth-order valence-corrected chi connectivity index (χ4v) is 1.99. The van der Waals surface area contributed by atoms with Crippen LogP contribution < -0.4 is 5.32 Å². The Morgan fingerprint density at radius 3 is 3.09 bits per heavy atom. The van der Waals surface area contributed by atoms with Gasteiger partial charge in [-0.05, 0) is 6.42 Å². The molecule has 4 nitrogen and oxygen atoms in total. The summed E-state index contributed by atoms with van der Waals surface area (Å²) < 4.78 is 4.53. The van der Waals surface area contributed by atoms with Gasteiger partial charge in [-0.1, -0.05) is 6.92 Å². The molecule has 2 N–H and O–H groups in total. The first-order valence-corrected chi connectivity index (χ1v) is 4.54. The summed E-state index contributed by atoms with van der Waals surface area (Å²) in [5.41, 5.74) is 0. The van der Waals surface area contributed by atoms with Gasteiger partial charge in [-0.25, -0.2) is 4.79 Å². The number of carboxylic acid groups (broad SMARTS) is 1. The maximum absolute atomic E-state index is 10.1. The molecule has 0 aromatic rings. The molecule has 1 heterocycles. The summed E-state index contributed by atoms with van der Waals surface area (Å²) in [6, 6.07) is 0. The Hall–Kier alpha value is -0.420. The third-order valence-corrected chi connectivity index (χ3v) is 2.80. The molecule has 0 saturated carbocycles. The lowest BCUT2D eigenvalue weighted by Crippen LogP contribution is -2.33. The van der Waals surface area contributed by atoms with Crippen molar-refractivity contribution in [2.45, 2.75) is 24.9 Å². The second-order valence-corrected chi connectivity index (χ2v) is 3.50. The van der Waals surface area contributed by atoms with Crippen LogP contribution >= 0.6 is 11.8 Å². The van der Waals surface area contributed by atoms with Gasteiger partial charge in [0.05, 0.1) is 5.37 Å². The molecule has 2 unspecified atom stereocenters. The molecule has 0 aromatic carbocycles. The first-order valence-electron chi connectivity index (χ1n) is 3.49. The highest BCUT2D eigenvalue weighted by Crippen LogP contribution is 2.21. The van der Waals surface area contributed by atoms with E-state index in [2.05, 4.69) is 10.1 Å². The van der Waals surface area contributed by atoms with Crippen LogP contribution in [-0.4, -0.2) is 28.6 Å². The largest absolute Gasteiger partial charge is 0.507 e. The SMILES string of the molecule is CCC1NC(OC(=O)O)CS1. The smallest absolute Gasteiger partial charge is 0.450 e. The van der Waals surface area contributed by atoms with Crippen LogP contribution in [0.5, 0.6) is 0 Å². The average Bonchev–Trinajstić information content (AvgIpc) is 2.34. The van der Waals surface area contributed by atoms with Gasteiger partial charge in [0, 0.05) is 5.75 Å². The van der Waals surface area contributed by atoms with Gasteiger partial charge in [-0.2, -0.15) is 0 Å². The zero-order valence-corrected chi connectivity index (χ0v) is 7.06. The Kier molecular flexibility index (Phi) is 3.02. The highest BCUT2D eigenvalue weighted by Gasteiger charge is 2.25. The lowest BCUT2D eigenvalue weighted by atomic mass is 10.4. The number of carbonyl (C=O) groups is 1. The molecular weight excluding hydrogens is 166 g/mol. The molecule has 0 bridgehead atoms. The van der Waals surface area contributed by atoms with Gasteiger partial charge in [-0.15, -0.1) is 11.8 Å². The Labute approximate surface area is 69.3 Å². The molecule has 11 heavy (non-hydrogen) atoms. The number of thioether (sulfide) groups is 1. The number of ether oxygens (including phenoxy) is 1. The quantitative estimate of drug-likeness (QED) is 0.618. The van der Waals surface area contributed by atoms with E-state index in [1.54, 1.807) is 11.8 Å². The summed E-state index contributed by atoms with van der Waals surface area (Å²) in [6.45, 7) is 2.05. The summed E-state index contributed by atoms with van der Waals surface area (Å²) in [6.07, 6.45) is -0.535. The highest BCUT2D eigenvalue weighted by molar-refractivity contribution is 8.00. The van der Waals surface area contributed by atoms with Gasteiger partial charge in [0.2, 0.25) is 0 Å². The summed E-state index contributed by atoms with van der Waals surface area (Å²) >= 11 is 1.69. The van der Waals surface area contributed by atoms with Crippen LogP contribution in [-0.2, 0) is 4.74 Å². The predicted octanol–water partition coefficient (Wildman–Crippen LogP) is 1.08. The van der Waals surface area contributed by atoms with Crippen molar-refractivity contribution in [2.24, 2.45) is 0 Å². The molecule has 1 aliphatic heterocycles. The van der Waals surface area contributed by atoms with Gasteiger partial charge in [-0.3, -0.25) is 5.32 Å². The molecular formula is C6H11NO3S. The molecule has 0 radical (unpaired) electrons. The van der Waals surface area contributed by atoms with E-state index in [1.807, 2.05) is 6.92 Å². The van der Waals surface area contributed by atoms with E-state index in [1.165, 1.54) is 0 Å². The first-order chi connectivity index (χ1) is 5.22. The standard InChI is InChI=1S/C6H11NO3S/c1-2-5-7-4(3-11-5)10-6(8)9/h4-5,7H,2-3H2,1H3,(H,8,9). The van der Waals surface area contributed by atoms with E-state index in [4.69, 9.17) is 5.11 Å². The lowest BCUT2D eigenvalue weighted by Gasteiger charge is -2.09. The van der Waals surface area contributed by atoms with Gasteiger partial charge < -0.3 is 9.84 Å². The summed E-state index contributed by atoms with van der Waals surface area (Å²) in [5.74, 6) is 0.713. The second kappa shape index (κ2) is 3.82. The van der Waals surface area contributed by atoms with Crippen LogP contribution in [0, 0.1) is 0 Å². The van der Waals surface area contributed by atoms with Crippen LogP contribution in [0.3, 0.4) is 0 Å². The molecule has 1 saturated heterocycles. The first kappa shape index (κ1) is 8.67. The maximum atomic E-state index is 10.1. The van der Waals surface area contributed by atoms with Gasteiger partial charge >= 0.3 is 6.16 Å². The monoisotopic (exact) mass is 177 g/mol. The van der Waals surface area contributed by atoms with Gasteiger partial charge in [0.25, 0.3) is 0 Å². The fourth-order valence-electron chi connectivity index (χ4n) is 0.933. The van der Waals surface area contributed by atoms with Crippen molar-refractivity contribution in [1.82, 2.24) is 5.32 Å². The van der Waals surface area contributed by atoms with E-state index in [9.17, 15) is 4.79 Å². The molecule has 0 amide bonds. The van der Waals surface area contributed by atoms with Crippen LogP contribution in [0.4, 0.5) is 4.79 Å².